The Hall–Kier alpha value is -2.82. The molecule has 1 amide bonds. The Bertz CT molecular complexity index is 665. The van der Waals surface area contributed by atoms with Gasteiger partial charge in [0.15, 0.2) is 0 Å². The van der Waals surface area contributed by atoms with Gasteiger partial charge in [-0.2, -0.15) is 0 Å². The van der Waals surface area contributed by atoms with Gasteiger partial charge in [-0.05, 0) is 42.3 Å². The summed E-state index contributed by atoms with van der Waals surface area (Å²) in [6, 6.07) is 13.7. The number of ether oxygens (including phenoxy) is 1. The number of carbonyl (C=O) groups is 2. The van der Waals surface area contributed by atoms with Gasteiger partial charge in [0.25, 0.3) is 0 Å². The molecule has 0 saturated carbocycles. The van der Waals surface area contributed by atoms with Crippen molar-refractivity contribution in [2.75, 3.05) is 12.4 Å². The Morgan fingerprint density at radius 3 is 2.50 bits per heavy atom. The molecule has 5 nitrogen and oxygen atoms in total. The number of rotatable bonds is 6. The maximum atomic E-state index is 11.9. The highest BCUT2D eigenvalue weighted by molar-refractivity contribution is 5.93. The fourth-order valence-electron chi connectivity index (χ4n) is 2.00. The molecule has 2 aromatic carbocycles. The second-order valence-electron chi connectivity index (χ2n) is 4.78. The van der Waals surface area contributed by atoms with Gasteiger partial charge in [-0.25, -0.2) is 4.79 Å². The van der Waals surface area contributed by atoms with Gasteiger partial charge in [0, 0.05) is 12.1 Å². The molecule has 114 valence electrons. The third-order valence-corrected chi connectivity index (χ3v) is 3.19. The van der Waals surface area contributed by atoms with Crippen LogP contribution in [0.2, 0.25) is 0 Å². The van der Waals surface area contributed by atoms with E-state index >= 15 is 0 Å². The van der Waals surface area contributed by atoms with Crippen molar-refractivity contribution >= 4 is 17.6 Å². The molecule has 0 aliphatic rings. The molecule has 0 heterocycles. The van der Waals surface area contributed by atoms with Crippen molar-refractivity contribution in [2.45, 2.75) is 12.8 Å². The van der Waals surface area contributed by atoms with Crippen LogP contribution < -0.4 is 10.1 Å². The van der Waals surface area contributed by atoms with Gasteiger partial charge in [0.05, 0.1) is 12.7 Å². The number of carbonyl (C=O) groups excluding carboxylic acids is 1. The minimum absolute atomic E-state index is 0.146. The van der Waals surface area contributed by atoms with Gasteiger partial charge in [0.1, 0.15) is 5.75 Å². The van der Waals surface area contributed by atoms with Crippen molar-refractivity contribution in [3.63, 3.8) is 0 Å². The number of amides is 1. The molecule has 2 aromatic rings. The number of methoxy groups -OCH3 is 1. The zero-order chi connectivity index (χ0) is 15.9. The number of benzene rings is 2. The first-order chi connectivity index (χ1) is 10.6. The highest BCUT2D eigenvalue weighted by Gasteiger charge is 2.06. The summed E-state index contributed by atoms with van der Waals surface area (Å²) < 4.78 is 5.08. The first-order valence-corrected chi connectivity index (χ1v) is 6.84. The Morgan fingerprint density at radius 1 is 1.14 bits per heavy atom. The van der Waals surface area contributed by atoms with Crippen LogP contribution in [0.15, 0.2) is 48.5 Å². The number of aromatic carboxylic acids is 1. The molecule has 0 aliphatic heterocycles. The molecule has 0 spiro atoms. The first kappa shape index (κ1) is 15.6. The standard InChI is InChI=1S/C17H17NO4/c1-22-15-8-5-12(6-9-15)7-10-16(19)18-14-4-2-3-13(11-14)17(20)21/h2-6,8-9,11H,7,10H2,1H3,(H,18,19)(H,20,21). The van der Waals surface area contributed by atoms with Gasteiger partial charge in [-0.15, -0.1) is 0 Å². The van der Waals surface area contributed by atoms with E-state index in [4.69, 9.17) is 9.84 Å². The van der Waals surface area contributed by atoms with E-state index in [2.05, 4.69) is 5.32 Å². The normalized spacial score (nSPS) is 10.0. The second-order valence-corrected chi connectivity index (χ2v) is 4.78. The molecule has 2 N–H and O–H groups in total. The van der Waals surface area contributed by atoms with E-state index in [1.807, 2.05) is 24.3 Å². The van der Waals surface area contributed by atoms with Crippen LogP contribution in [0.4, 0.5) is 5.69 Å². The largest absolute Gasteiger partial charge is 0.497 e. The van der Waals surface area contributed by atoms with Gasteiger partial charge >= 0.3 is 5.97 Å². The number of hydrogen-bond donors (Lipinski definition) is 2. The molecule has 22 heavy (non-hydrogen) atoms. The maximum Gasteiger partial charge on any atom is 0.335 e. The lowest BCUT2D eigenvalue weighted by atomic mass is 10.1. The van der Waals surface area contributed by atoms with Crippen molar-refractivity contribution in [3.8, 4) is 5.75 Å². The van der Waals surface area contributed by atoms with E-state index in [1.165, 1.54) is 12.1 Å². The fourth-order valence-corrected chi connectivity index (χ4v) is 2.00. The number of carboxylic acid groups (broad SMARTS) is 1. The minimum atomic E-state index is -1.02. The van der Waals surface area contributed by atoms with Crippen LogP contribution in [-0.2, 0) is 11.2 Å². The third-order valence-electron chi connectivity index (χ3n) is 3.19. The Morgan fingerprint density at radius 2 is 1.86 bits per heavy atom. The predicted octanol–water partition coefficient (Wildman–Crippen LogP) is 2.96. The molecule has 0 saturated heterocycles. The van der Waals surface area contributed by atoms with Crippen molar-refractivity contribution in [1.82, 2.24) is 0 Å². The average Bonchev–Trinajstić information content (AvgIpc) is 2.53. The van der Waals surface area contributed by atoms with Gasteiger partial charge in [-0.3, -0.25) is 4.79 Å². The quantitative estimate of drug-likeness (QED) is 0.860. The van der Waals surface area contributed by atoms with Crippen LogP contribution in [-0.4, -0.2) is 24.1 Å². The molecular formula is C17H17NO4. The zero-order valence-corrected chi connectivity index (χ0v) is 12.2. The molecule has 0 radical (unpaired) electrons. The summed E-state index contributed by atoms with van der Waals surface area (Å²) in [7, 11) is 1.60. The van der Waals surface area contributed by atoms with Gasteiger partial charge < -0.3 is 15.2 Å². The van der Waals surface area contributed by atoms with Crippen LogP contribution in [0, 0.1) is 0 Å². The van der Waals surface area contributed by atoms with E-state index in [0.717, 1.165) is 11.3 Å². The SMILES string of the molecule is COc1ccc(CCC(=O)Nc2cccc(C(=O)O)c2)cc1. The van der Waals surface area contributed by atoms with E-state index < -0.39 is 5.97 Å². The molecule has 0 aliphatic carbocycles. The molecular weight excluding hydrogens is 282 g/mol. The lowest BCUT2D eigenvalue weighted by Gasteiger charge is -2.07. The van der Waals surface area contributed by atoms with Gasteiger partial charge in [-0.1, -0.05) is 18.2 Å². The van der Waals surface area contributed by atoms with Crippen molar-refractivity contribution in [2.24, 2.45) is 0 Å². The number of carboxylic acids is 1. The van der Waals surface area contributed by atoms with Gasteiger partial charge in [0.2, 0.25) is 5.91 Å². The number of aryl methyl sites for hydroxylation is 1. The van der Waals surface area contributed by atoms with E-state index in [-0.39, 0.29) is 11.5 Å². The summed E-state index contributed by atoms with van der Waals surface area (Å²) in [5.41, 5.74) is 1.67. The molecule has 0 atom stereocenters. The molecule has 5 heteroatoms. The van der Waals surface area contributed by atoms with Crippen LogP contribution in [0.5, 0.6) is 5.75 Å². The number of anilines is 1. The van der Waals surface area contributed by atoms with Crippen LogP contribution >= 0.6 is 0 Å². The monoisotopic (exact) mass is 299 g/mol. The molecule has 0 aromatic heterocycles. The molecule has 0 fully saturated rings. The highest BCUT2D eigenvalue weighted by Crippen LogP contribution is 2.14. The number of hydrogen-bond acceptors (Lipinski definition) is 3. The van der Waals surface area contributed by atoms with Crippen molar-refractivity contribution in [1.29, 1.82) is 0 Å². The Labute approximate surface area is 128 Å². The average molecular weight is 299 g/mol. The summed E-state index contributed by atoms with van der Waals surface area (Å²) in [5, 5.41) is 11.6. The second kappa shape index (κ2) is 7.26. The van der Waals surface area contributed by atoms with E-state index in [0.29, 0.717) is 18.5 Å². The summed E-state index contributed by atoms with van der Waals surface area (Å²) in [4.78, 5) is 22.8. The fraction of sp³-hybridized carbons (Fsp3) is 0.176. The third kappa shape index (κ3) is 4.34. The first-order valence-electron chi connectivity index (χ1n) is 6.84. The summed E-state index contributed by atoms with van der Waals surface area (Å²) in [6.45, 7) is 0. The Kier molecular flexibility index (Phi) is 5.14. The lowest BCUT2D eigenvalue weighted by Crippen LogP contribution is -2.12. The summed E-state index contributed by atoms with van der Waals surface area (Å²) >= 11 is 0. The summed E-state index contributed by atoms with van der Waals surface area (Å²) in [6.07, 6.45) is 0.929. The Balaban J connectivity index is 1.89. The maximum absolute atomic E-state index is 11.9. The topological polar surface area (TPSA) is 75.6 Å². The van der Waals surface area contributed by atoms with Crippen LogP contribution in [0.3, 0.4) is 0 Å². The van der Waals surface area contributed by atoms with Crippen LogP contribution in [0.25, 0.3) is 0 Å². The van der Waals surface area contributed by atoms with Crippen molar-refractivity contribution in [3.05, 3.63) is 59.7 Å². The molecule has 2 rings (SSSR count). The number of nitrogens with one attached hydrogen (secondary N) is 1. The lowest BCUT2D eigenvalue weighted by molar-refractivity contribution is -0.116. The minimum Gasteiger partial charge on any atom is -0.497 e. The van der Waals surface area contributed by atoms with E-state index in [1.54, 1.807) is 19.2 Å². The predicted molar refractivity (Wildman–Crippen MR) is 83.3 cm³/mol. The smallest absolute Gasteiger partial charge is 0.335 e. The highest BCUT2D eigenvalue weighted by atomic mass is 16.5. The van der Waals surface area contributed by atoms with E-state index in [9.17, 15) is 9.59 Å². The molecule has 0 bridgehead atoms. The summed E-state index contributed by atoms with van der Waals surface area (Å²) in [5.74, 6) is -0.397. The van der Waals surface area contributed by atoms with Crippen molar-refractivity contribution < 1.29 is 19.4 Å². The molecule has 0 unspecified atom stereocenters. The van der Waals surface area contributed by atoms with Crippen LogP contribution in [0.1, 0.15) is 22.3 Å². The zero-order valence-electron chi connectivity index (χ0n) is 12.2.